The van der Waals surface area contributed by atoms with Gasteiger partial charge < -0.3 is 5.73 Å². The molecule has 1 heterocycles. The Kier molecular flexibility index (Phi) is 3.29. The fourth-order valence-corrected chi connectivity index (χ4v) is 2.12. The molecule has 15 heavy (non-hydrogen) atoms. The van der Waals surface area contributed by atoms with E-state index in [9.17, 15) is 0 Å². The minimum absolute atomic E-state index is 0.720. The Labute approximate surface area is 95.3 Å². The van der Waals surface area contributed by atoms with E-state index in [2.05, 4.69) is 17.1 Å². The molecule has 1 aliphatic heterocycles. The lowest BCUT2D eigenvalue weighted by molar-refractivity contribution is 0.291. The number of nitrogens with two attached hydrogens (primary N) is 1. The average Bonchev–Trinajstić information content (AvgIpc) is 2.17. The number of rotatable bonds is 2. The molecule has 80 valence electrons. The zero-order valence-electron chi connectivity index (χ0n) is 8.62. The first kappa shape index (κ1) is 10.5. The van der Waals surface area contributed by atoms with E-state index in [1.54, 1.807) is 6.07 Å². The third kappa shape index (κ3) is 2.98. The molecule has 0 amide bonds. The van der Waals surface area contributed by atoms with E-state index in [1.165, 1.54) is 5.56 Å². The summed E-state index contributed by atoms with van der Waals surface area (Å²) in [7, 11) is 0. The largest absolute Gasteiger partial charge is 0.399 e. The molecular formula is C12H15ClN2. The summed E-state index contributed by atoms with van der Waals surface area (Å²) in [6.45, 7) is 3.06. The molecule has 0 fully saturated rings. The Bertz CT molecular complexity index is 354. The van der Waals surface area contributed by atoms with E-state index in [0.29, 0.717) is 0 Å². The van der Waals surface area contributed by atoms with Crippen LogP contribution in [0.4, 0.5) is 5.69 Å². The zero-order valence-corrected chi connectivity index (χ0v) is 9.37. The van der Waals surface area contributed by atoms with Crippen LogP contribution in [0.1, 0.15) is 12.0 Å². The van der Waals surface area contributed by atoms with Gasteiger partial charge in [0.1, 0.15) is 0 Å². The molecule has 0 spiro atoms. The van der Waals surface area contributed by atoms with Crippen LogP contribution in [-0.4, -0.2) is 18.0 Å². The molecule has 0 saturated heterocycles. The molecule has 1 aromatic carbocycles. The van der Waals surface area contributed by atoms with E-state index in [-0.39, 0.29) is 0 Å². The maximum Gasteiger partial charge on any atom is 0.0429 e. The summed E-state index contributed by atoms with van der Waals surface area (Å²) in [5.41, 5.74) is 7.68. The molecule has 2 N–H and O–H groups in total. The second kappa shape index (κ2) is 4.69. The summed E-state index contributed by atoms with van der Waals surface area (Å²) in [6.07, 6.45) is 5.57. The van der Waals surface area contributed by atoms with Gasteiger partial charge in [-0.05, 0) is 30.2 Å². The minimum atomic E-state index is 0.720. The SMILES string of the molecule is Nc1cc(Cl)cc(CN2CC=CCC2)c1. The van der Waals surface area contributed by atoms with Crippen molar-refractivity contribution >= 4 is 17.3 Å². The fourth-order valence-electron chi connectivity index (χ4n) is 1.86. The maximum atomic E-state index is 5.96. The van der Waals surface area contributed by atoms with Gasteiger partial charge in [0.2, 0.25) is 0 Å². The minimum Gasteiger partial charge on any atom is -0.399 e. The Morgan fingerprint density at radius 1 is 1.27 bits per heavy atom. The number of nitrogens with zero attached hydrogens (tertiary/aromatic N) is 1. The third-order valence-corrected chi connectivity index (χ3v) is 2.75. The molecule has 0 bridgehead atoms. The summed E-state index contributed by atoms with van der Waals surface area (Å²) in [4.78, 5) is 2.38. The summed E-state index contributed by atoms with van der Waals surface area (Å²) in [5, 5.41) is 0.720. The smallest absolute Gasteiger partial charge is 0.0429 e. The highest BCUT2D eigenvalue weighted by Gasteiger charge is 2.07. The average molecular weight is 223 g/mol. The van der Waals surface area contributed by atoms with Crippen molar-refractivity contribution in [1.29, 1.82) is 0 Å². The first-order chi connectivity index (χ1) is 7.24. The van der Waals surface area contributed by atoms with Gasteiger partial charge in [-0.2, -0.15) is 0 Å². The van der Waals surface area contributed by atoms with Crippen molar-refractivity contribution in [2.45, 2.75) is 13.0 Å². The van der Waals surface area contributed by atoms with Gasteiger partial charge in [0.25, 0.3) is 0 Å². The Balaban J connectivity index is 2.06. The highest BCUT2D eigenvalue weighted by Crippen LogP contribution is 2.18. The van der Waals surface area contributed by atoms with Crippen molar-refractivity contribution in [3.63, 3.8) is 0 Å². The van der Waals surface area contributed by atoms with Gasteiger partial charge >= 0.3 is 0 Å². The number of halogens is 1. The first-order valence-corrected chi connectivity index (χ1v) is 5.54. The van der Waals surface area contributed by atoms with Crippen molar-refractivity contribution in [2.75, 3.05) is 18.8 Å². The van der Waals surface area contributed by atoms with Gasteiger partial charge in [-0.15, -0.1) is 0 Å². The van der Waals surface area contributed by atoms with Crippen molar-refractivity contribution < 1.29 is 0 Å². The molecule has 2 nitrogen and oxygen atoms in total. The lowest BCUT2D eigenvalue weighted by Crippen LogP contribution is -2.26. The predicted molar refractivity (Wildman–Crippen MR) is 64.9 cm³/mol. The lowest BCUT2D eigenvalue weighted by atomic mass is 10.1. The summed E-state index contributed by atoms with van der Waals surface area (Å²) < 4.78 is 0. The van der Waals surface area contributed by atoms with Crippen molar-refractivity contribution in [3.05, 3.63) is 40.9 Å². The second-order valence-corrected chi connectivity index (χ2v) is 4.32. The standard InChI is InChI=1S/C12H15ClN2/c13-11-6-10(7-12(14)8-11)9-15-4-2-1-3-5-15/h1-2,6-8H,3-5,9,14H2. The van der Waals surface area contributed by atoms with Crippen LogP contribution in [0.5, 0.6) is 0 Å². The van der Waals surface area contributed by atoms with Crippen LogP contribution in [0.25, 0.3) is 0 Å². The van der Waals surface area contributed by atoms with Crippen LogP contribution < -0.4 is 5.73 Å². The topological polar surface area (TPSA) is 29.3 Å². The molecule has 0 unspecified atom stereocenters. The molecule has 0 aliphatic carbocycles. The predicted octanol–water partition coefficient (Wildman–Crippen LogP) is 2.68. The molecule has 1 aromatic rings. The number of anilines is 1. The summed E-state index contributed by atoms with van der Waals surface area (Å²) in [5.74, 6) is 0. The quantitative estimate of drug-likeness (QED) is 0.616. The van der Waals surface area contributed by atoms with E-state index in [1.807, 2.05) is 12.1 Å². The van der Waals surface area contributed by atoms with Crippen LogP contribution in [-0.2, 0) is 6.54 Å². The molecule has 2 rings (SSSR count). The first-order valence-electron chi connectivity index (χ1n) is 5.16. The molecular weight excluding hydrogens is 208 g/mol. The normalized spacial score (nSPS) is 16.9. The van der Waals surface area contributed by atoms with Gasteiger partial charge in [-0.3, -0.25) is 4.90 Å². The van der Waals surface area contributed by atoms with E-state index in [0.717, 1.165) is 36.8 Å². The maximum absolute atomic E-state index is 5.96. The Morgan fingerprint density at radius 3 is 2.80 bits per heavy atom. The summed E-state index contributed by atoms with van der Waals surface area (Å²) >= 11 is 5.96. The van der Waals surface area contributed by atoms with Crippen molar-refractivity contribution in [2.24, 2.45) is 0 Å². The van der Waals surface area contributed by atoms with E-state index < -0.39 is 0 Å². The van der Waals surface area contributed by atoms with Gasteiger partial charge in [0.05, 0.1) is 0 Å². The van der Waals surface area contributed by atoms with Gasteiger partial charge in [0, 0.05) is 30.3 Å². The van der Waals surface area contributed by atoms with E-state index >= 15 is 0 Å². The Morgan fingerprint density at radius 2 is 2.13 bits per heavy atom. The van der Waals surface area contributed by atoms with Crippen molar-refractivity contribution in [1.82, 2.24) is 4.90 Å². The van der Waals surface area contributed by atoms with Crippen LogP contribution in [0.15, 0.2) is 30.4 Å². The van der Waals surface area contributed by atoms with Crippen LogP contribution >= 0.6 is 11.6 Å². The second-order valence-electron chi connectivity index (χ2n) is 3.89. The summed E-state index contributed by atoms with van der Waals surface area (Å²) in [6, 6.07) is 5.75. The Hall–Kier alpha value is -0.990. The van der Waals surface area contributed by atoms with Gasteiger partial charge in [-0.25, -0.2) is 0 Å². The highest BCUT2D eigenvalue weighted by atomic mass is 35.5. The molecule has 0 aromatic heterocycles. The molecule has 3 heteroatoms. The van der Waals surface area contributed by atoms with Gasteiger partial charge in [0.15, 0.2) is 0 Å². The van der Waals surface area contributed by atoms with Crippen LogP contribution in [0.2, 0.25) is 5.02 Å². The highest BCUT2D eigenvalue weighted by molar-refractivity contribution is 6.30. The zero-order chi connectivity index (χ0) is 10.7. The van der Waals surface area contributed by atoms with Crippen LogP contribution in [0.3, 0.4) is 0 Å². The molecule has 1 aliphatic rings. The fraction of sp³-hybridized carbons (Fsp3) is 0.333. The van der Waals surface area contributed by atoms with E-state index in [4.69, 9.17) is 17.3 Å². The molecule has 0 radical (unpaired) electrons. The number of hydrogen-bond donors (Lipinski definition) is 1. The van der Waals surface area contributed by atoms with Crippen molar-refractivity contribution in [3.8, 4) is 0 Å². The van der Waals surface area contributed by atoms with Crippen LogP contribution in [0, 0.1) is 0 Å². The monoisotopic (exact) mass is 222 g/mol. The van der Waals surface area contributed by atoms with Gasteiger partial charge in [-0.1, -0.05) is 23.8 Å². The molecule has 0 saturated carbocycles. The number of benzene rings is 1. The number of hydrogen-bond acceptors (Lipinski definition) is 2. The third-order valence-electron chi connectivity index (χ3n) is 2.53. The lowest BCUT2D eigenvalue weighted by Gasteiger charge is -2.23. The molecule has 0 atom stereocenters. The number of nitrogen functional groups attached to an aromatic ring is 1.